The van der Waals surface area contributed by atoms with Gasteiger partial charge in [0.1, 0.15) is 5.82 Å². The molecule has 2 atom stereocenters. The number of nitrogens with one attached hydrogen (secondary N) is 2. The summed E-state index contributed by atoms with van der Waals surface area (Å²) in [6.45, 7) is 4.07. The molecule has 2 saturated heterocycles. The van der Waals surface area contributed by atoms with Crippen molar-refractivity contribution in [1.29, 1.82) is 0 Å². The van der Waals surface area contributed by atoms with Crippen LogP contribution in [-0.2, 0) is 14.4 Å². The SMILES string of the molecule is O=C(/C=C/c1cnc(N[C@@H]2CCN(CC3CC3)C2)c(Cl)c1)NOC1CCCCO1. The number of carbonyl (C=O) groups excluding carboxylic acids is 1. The Hall–Kier alpha value is -1.67. The Morgan fingerprint density at radius 3 is 3.00 bits per heavy atom. The van der Waals surface area contributed by atoms with Gasteiger partial charge >= 0.3 is 0 Å². The molecule has 1 amide bonds. The number of hydrogen-bond acceptors (Lipinski definition) is 6. The molecule has 0 aromatic carbocycles. The highest BCUT2D eigenvalue weighted by molar-refractivity contribution is 6.33. The highest BCUT2D eigenvalue weighted by Crippen LogP contribution is 2.31. The zero-order valence-electron chi connectivity index (χ0n) is 16.6. The normalized spacial score (nSPS) is 25.4. The third-order valence-corrected chi connectivity index (χ3v) is 5.83. The maximum Gasteiger partial charge on any atom is 0.267 e. The van der Waals surface area contributed by atoms with Gasteiger partial charge in [0.2, 0.25) is 0 Å². The van der Waals surface area contributed by atoms with Gasteiger partial charge in [0.15, 0.2) is 6.29 Å². The Balaban J connectivity index is 1.23. The second-order valence-corrected chi connectivity index (χ2v) is 8.55. The Morgan fingerprint density at radius 1 is 1.34 bits per heavy atom. The van der Waals surface area contributed by atoms with Crippen molar-refractivity contribution in [2.45, 2.75) is 50.9 Å². The van der Waals surface area contributed by atoms with Crippen molar-refractivity contribution in [3.8, 4) is 0 Å². The second-order valence-electron chi connectivity index (χ2n) is 8.15. The van der Waals surface area contributed by atoms with E-state index in [4.69, 9.17) is 21.2 Å². The summed E-state index contributed by atoms with van der Waals surface area (Å²) in [5.74, 6) is 1.27. The lowest BCUT2D eigenvalue weighted by Gasteiger charge is -2.21. The first-order chi connectivity index (χ1) is 14.2. The average Bonchev–Trinajstić information content (AvgIpc) is 3.44. The summed E-state index contributed by atoms with van der Waals surface area (Å²) in [6.07, 6.45) is 11.1. The highest BCUT2D eigenvalue weighted by atomic mass is 35.5. The monoisotopic (exact) mass is 420 g/mol. The van der Waals surface area contributed by atoms with Crippen LogP contribution in [0.25, 0.3) is 6.08 Å². The van der Waals surface area contributed by atoms with Crippen molar-refractivity contribution >= 4 is 29.4 Å². The third kappa shape index (κ3) is 6.40. The quantitative estimate of drug-likeness (QED) is 0.496. The van der Waals surface area contributed by atoms with E-state index in [2.05, 4.69) is 20.7 Å². The van der Waals surface area contributed by atoms with E-state index in [1.807, 2.05) is 6.07 Å². The maximum absolute atomic E-state index is 11.9. The standard InChI is InChI=1S/C21H29ClN4O3/c22-18-11-16(6-7-19(27)25-29-20-3-1-2-10-28-20)12-23-21(18)24-17-8-9-26(14-17)13-15-4-5-15/h6-7,11-12,15,17,20H,1-5,8-10,13-14H2,(H,23,24)(H,25,27)/b7-6+/t17-,20?/m1/s1. The predicted molar refractivity (Wildman–Crippen MR) is 112 cm³/mol. The number of anilines is 1. The smallest absolute Gasteiger partial charge is 0.267 e. The Bertz CT molecular complexity index is 735. The van der Waals surface area contributed by atoms with Gasteiger partial charge in [-0.2, -0.15) is 0 Å². The Kier molecular flexibility index (Phi) is 7.02. The molecular formula is C21H29ClN4O3. The number of halogens is 1. The molecule has 1 aliphatic carbocycles. The van der Waals surface area contributed by atoms with Crippen LogP contribution in [0.1, 0.15) is 44.1 Å². The lowest BCUT2D eigenvalue weighted by atomic mass is 10.2. The zero-order valence-corrected chi connectivity index (χ0v) is 17.4. The van der Waals surface area contributed by atoms with E-state index in [0.29, 0.717) is 23.5 Å². The molecular weight excluding hydrogens is 392 g/mol. The number of ether oxygens (including phenoxy) is 1. The van der Waals surface area contributed by atoms with Gasteiger partial charge in [-0.3, -0.25) is 4.79 Å². The van der Waals surface area contributed by atoms with Gasteiger partial charge in [-0.15, -0.1) is 0 Å². The minimum atomic E-state index is -0.363. The van der Waals surface area contributed by atoms with Crippen LogP contribution >= 0.6 is 11.6 Å². The molecule has 3 fully saturated rings. The van der Waals surface area contributed by atoms with Gasteiger partial charge in [-0.05, 0) is 55.7 Å². The molecule has 158 valence electrons. The largest absolute Gasteiger partial charge is 0.365 e. The number of rotatable bonds is 8. The number of amides is 1. The van der Waals surface area contributed by atoms with E-state index < -0.39 is 0 Å². The van der Waals surface area contributed by atoms with Crippen molar-refractivity contribution in [3.05, 3.63) is 28.9 Å². The molecule has 1 aromatic heterocycles. The Labute approximate surface area is 176 Å². The summed E-state index contributed by atoms with van der Waals surface area (Å²) in [4.78, 5) is 24.1. The van der Waals surface area contributed by atoms with Crippen LogP contribution in [0.3, 0.4) is 0 Å². The van der Waals surface area contributed by atoms with Crippen molar-refractivity contribution in [1.82, 2.24) is 15.4 Å². The second kappa shape index (κ2) is 9.89. The molecule has 8 heteroatoms. The van der Waals surface area contributed by atoms with Crippen LogP contribution in [0, 0.1) is 5.92 Å². The molecule has 0 spiro atoms. The number of nitrogens with zero attached hydrogens (tertiary/aromatic N) is 2. The van der Waals surface area contributed by atoms with Crippen LogP contribution in [-0.4, -0.2) is 54.4 Å². The Morgan fingerprint density at radius 2 is 2.24 bits per heavy atom. The van der Waals surface area contributed by atoms with Gasteiger partial charge in [0.05, 0.1) is 5.02 Å². The van der Waals surface area contributed by atoms with Crippen LogP contribution in [0.4, 0.5) is 5.82 Å². The molecule has 2 N–H and O–H groups in total. The fourth-order valence-corrected chi connectivity index (χ4v) is 3.99. The molecule has 1 unspecified atom stereocenters. The molecule has 0 bridgehead atoms. The molecule has 0 radical (unpaired) electrons. The van der Waals surface area contributed by atoms with Gasteiger partial charge in [-0.1, -0.05) is 11.6 Å². The molecule has 29 heavy (non-hydrogen) atoms. The number of aromatic nitrogens is 1. The van der Waals surface area contributed by atoms with Gasteiger partial charge in [-0.25, -0.2) is 15.3 Å². The van der Waals surface area contributed by atoms with E-state index in [9.17, 15) is 4.79 Å². The molecule has 1 saturated carbocycles. The summed E-state index contributed by atoms with van der Waals surface area (Å²) >= 11 is 6.40. The summed E-state index contributed by atoms with van der Waals surface area (Å²) in [5, 5.41) is 4.02. The minimum Gasteiger partial charge on any atom is -0.365 e. The maximum atomic E-state index is 11.9. The van der Waals surface area contributed by atoms with E-state index in [0.717, 1.165) is 50.3 Å². The van der Waals surface area contributed by atoms with Crippen molar-refractivity contribution in [2.24, 2.45) is 5.92 Å². The average molecular weight is 421 g/mol. The molecule has 1 aromatic rings. The van der Waals surface area contributed by atoms with Crippen molar-refractivity contribution < 1.29 is 14.4 Å². The van der Waals surface area contributed by atoms with Gasteiger partial charge in [0.25, 0.3) is 5.91 Å². The van der Waals surface area contributed by atoms with Crippen molar-refractivity contribution in [2.75, 3.05) is 31.6 Å². The van der Waals surface area contributed by atoms with E-state index in [-0.39, 0.29) is 12.2 Å². The number of carbonyl (C=O) groups is 1. The van der Waals surface area contributed by atoms with E-state index in [1.165, 1.54) is 25.5 Å². The minimum absolute atomic E-state index is 0.348. The number of likely N-dealkylation sites (tertiary alicyclic amines) is 1. The number of pyridine rings is 1. The lowest BCUT2D eigenvalue weighted by molar-refractivity contribution is -0.198. The number of hydroxylamine groups is 1. The van der Waals surface area contributed by atoms with E-state index >= 15 is 0 Å². The first-order valence-corrected chi connectivity index (χ1v) is 10.9. The summed E-state index contributed by atoms with van der Waals surface area (Å²) in [7, 11) is 0. The van der Waals surface area contributed by atoms with Crippen LogP contribution in [0.2, 0.25) is 5.02 Å². The van der Waals surface area contributed by atoms with Crippen LogP contribution < -0.4 is 10.8 Å². The topological polar surface area (TPSA) is 75.7 Å². The lowest BCUT2D eigenvalue weighted by Crippen LogP contribution is -2.32. The molecule has 3 heterocycles. The van der Waals surface area contributed by atoms with Gasteiger partial charge < -0.3 is 15.0 Å². The predicted octanol–water partition coefficient (Wildman–Crippen LogP) is 3.22. The summed E-state index contributed by atoms with van der Waals surface area (Å²) in [6, 6.07) is 2.19. The molecule has 7 nitrogen and oxygen atoms in total. The third-order valence-electron chi connectivity index (χ3n) is 5.54. The fraction of sp³-hybridized carbons (Fsp3) is 0.619. The highest BCUT2D eigenvalue weighted by Gasteiger charge is 2.29. The molecule has 4 rings (SSSR count). The fourth-order valence-electron chi connectivity index (χ4n) is 3.76. The first-order valence-electron chi connectivity index (χ1n) is 10.6. The van der Waals surface area contributed by atoms with Gasteiger partial charge in [0, 0.05) is 51.0 Å². The molecule has 3 aliphatic rings. The van der Waals surface area contributed by atoms with Crippen LogP contribution in [0.5, 0.6) is 0 Å². The number of hydrogen-bond donors (Lipinski definition) is 2. The van der Waals surface area contributed by atoms with Crippen molar-refractivity contribution in [3.63, 3.8) is 0 Å². The molecule has 2 aliphatic heterocycles. The summed E-state index contributed by atoms with van der Waals surface area (Å²) < 4.78 is 5.40. The zero-order chi connectivity index (χ0) is 20.1. The van der Waals surface area contributed by atoms with E-state index in [1.54, 1.807) is 12.3 Å². The summed E-state index contributed by atoms with van der Waals surface area (Å²) in [5.41, 5.74) is 3.15. The van der Waals surface area contributed by atoms with Crippen LogP contribution in [0.15, 0.2) is 18.3 Å². The first kappa shape index (κ1) is 20.6.